The zero-order valence-corrected chi connectivity index (χ0v) is 10.3. The van der Waals surface area contributed by atoms with E-state index in [1.54, 1.807) is 0 Å². The fourth-order valence-corrected chi connectivity index (χ4v) is 1.21. The van der Waals surface area contributed by atoms with E-state index < -0.39 is 22.3 Å². The van der Waals surface area contributed by atoms with Crippen LogP contribution in [0.25, 0.3) is 0 Å². The highest BCUT2D eigenvalue weighted by Gasteiger charge is 2.17. The molecule has 0 radical (unpaired) electrons. The summed E-state index contributed by atoms with van der Waals surface area (Å²) >= 11 is 0. The zero-order chi connectivity index (χ0) is 14.6. The van der Waals surface area contributed by atoms with Gasteiger partial charge in [-0.1, -0.05) is 0 Å². The molecule has 2 amide bonds. The van der Waals surface area contributed by atoms with Crippen LogP contribution in [0.15, 0.2) is 18.2 Å². The van der Waals surface area contributed by atoms with Gasteiger partial charge in [0.25, 0.3) is 5.91 Å². The van der Waals surface area contributed by atoms with Crippen LogP contribution in [0.3, 0.4) is 0 Å². The third-order valence-electron chi connectivity index (χ3n) is 2.30. The van der Waals surface area contributed by atoms with E-state index in [4.69, 9.17) is 0 Å². The number of nitrogens with zero attached hydrogens (tertiary/aromatic N) is 2. The molecule has 7 nitrogen and oxygen atoms in total. The van der Waals surface area contributed by atoms with Crippen molar-refractivity contribution in [3.63, 3.8) is 0 Å². The largest absolute Gasteiger partial charge is 0.347 e. The molecule has 0 aliphatic carbocycles. The molecule has 0 saturated heterocycles. The van der Waals surface area contributed by atoms with Crippen molar-refractivity contribution in [3.05, 3.63) is 39.7 Å². The zero-order valence-electron chi connectivity index (χ0n) is 10.3. The maximum Gasteiger partial charge on any atom is 0.305 e. The summed E-state index contributed by atoms with van der Waals surface area (Å²) in [7, 11) is 3.05. The molecule has 0 spiro atoms. The minimum absolute atomic E-state index is 0.0837. The first kappa shape index (κ1) is 14.6. The average Bonchev–Trinajstić information content (AvgIpc) is 2.35. The molecule has 0 aliphatic heterocycles. The molecule has 0 bridgehead atoms. The van der Waals surface area contributed by atoms with Gasteiger partial charge in [0.2, 0.25) is 11.7 Å². The molecule has 102 valence electrons. The fraction of sp³-hybridized carbons (Fsp3) is 0.273. The molecule has 1 rings (SSSR count). The number of halogens is 1. The molecule has 0 saturated carbocycles. The summed E-state index contributed by atoms with van der Waals surface area (Å²) in [5.41, 5.74) is -0.869. The van der Waals surface area contributed by atoms with Crippen LogP contribution in [0.1, 0.15) is 10.4 Å². The van der Waals surface area contributed by atoms with Crippen molar-refractivity contribution in [3.8, 4) is 0 Å². The Hall–Kier alpha value is -2.51. The van der Waals surface area contributed by atoms with Gasteiger partial charge >= 0.3 is 5.69 Å². The summed E-state index contributed by atoms with van der Waals surface area (Å²) in [6.07, 6.45) is 0. The maximum absolute atomic E-state index is 13.1. The number of benzene rings is 1. The van der Waals surface area contributed by atoms with E-state index in [1.165, 1.54) is 19.0 Å². The van der Waals surface area contributed by atoms with E-state index in [2.05, 4.69) is 5.32 Å². The van der Waals surface area contributed by atoms with E-state index in [0.29, 0.717) is 0 Å². The van der Waals surface area contributed by atoms with E-state index in [0.717, 1.165) is 18.2 Å². The second-order valence-electron chi connectivity index (χ2n) is 3.89. The van der Waals surface area contributed by atoms with Crippen molar-refractivity contribution in [2.75, 3.05) is 20.6 Å². The summed E-state index contributed by atoms with van der Waals surface area (Å²) < 4.78 is 13.1. The smallest absolute Gasteiger partial charge is 0.305 e. The first-order valence-electron chi connectivity index (χ1n) is 5.25. The van der Waals surface area contributed by atoms with Crippen LogP contribution >= 0.6 is 0 Å². The van der Waals surface area contributed by atoms with Gasteiger partial charge in [0.15, 0.2) is 0 Å². The Labute approximate surface area is 108 Å². The quantitative estimate of drug-likeness (QED) is 0.638. The third-order valence-corrected chi connectivity index (χ3v) is 2.30. The molecule has 19 heavy (non-hydrogen) atoms. The molecule has 0 fully saturated rings. The van der Waals surface area contributed by atoms with Gasteiger partial charge in [0.1, 0.15) is 0 Å². The lowest BCUT2D eigenvalue weighted by molar-refractivity contribution is -0.387. The van der Waals surface area contributed by atoms with Crippen molar-refractivity contribution in [1.82, 2.24) is 10.2 Å². The predicted octanol–water partition coefficient (Wildman–Crippen LogP) is 0.552. The number of likely N-dealkylation sites (N-methyl/N-ethyl adjacent to an activating group) is 1. The Morgan fingerprint density at radius 1 is 1.42 bits per heavy atom. The molecule has 0 aromatic heterocycles. The Kier molecular flexibility index (Phi) is 4.51. The van der Waals surface area contributed by atoms with Crippen LogP contribution in [0.5, 0.6) is 0 Å². The lowest BCUT2D eigenvalue weighted by Gasteiger charge is -2.10. The number of hydrogen-bond acceptors (Lipinski definition) is 4. The fourth-order valence-electron chi connectivity index (χ4n) is 1.21. The standard InChI is InChI=1S/C11H12FN3O4/c1-14(2)10(16)6-13-11(17)7-3-4-8(12)9(5-7)15(18)19/h3-5H,6H2,1-2H3,(H,13,17). The van der Waals surface area contributed by atoms with E-state index in [9.17, 15) is 24.1 Å². The molecular formula is C11H12FN3O4. The van der Waals surface area contributed by atoms with Crippen LogP contribution in [-0.4, -0.2) is 42.3 Å². The normalized spacial score (nSPS) is 9.84. The number of hydrogen-bond donors (Lipinski definition) is 1. The van der Waals surface area contributed by atoms with Crippen molar-refractivity contribution >= 4 is 17.5 Å². The van der Waals surface area contributed by atoms with E-state index in [1.807, 2.05) is 0 Å². The highest BCUT2D eigenvalue weighted by molar-refractivity contribution is 5.96. The Morgan fingerprint density at radius 2 is 2.05 bits per heavy atom. The highest BCUT2D eigenvalue weighted by atomic mass is 19.1. The number of nitrogens with one attached hydrogen (secondary N) is 1. The van der Waals surface area contributed by atoms with Crippen LogP contribution in [-0.2, 0) is 4.79 Å². The van der Waals surface area contributed by atoms with Gasteiger partial charge in [-0.3, -0.25) is 19.7 Å². The number of carbonyl (C=O) groups is 2. The molecule has 0 unspecified atom stereocenters. The first-order chi connectivity index (χ1) is 8.82. The molecule has 1 N–H and O–H groups in total. The summed E-state index contributed by atoms with van der Waals surface area (Å²) in [5, 5.41) is 12.8. The topological polar surface area (TPSA) is 92.6 Å². The van der Waals surface area contributed by atoms with Gasteiger partial charge < -0.3 is 10.2 Å². The van der Waals surface area contributed by atoms with Crippen LogP contribution in [0, 0.1) is 15.9 Å². The summed E-state index contributed by atoms with van der Waals surface area (Å²) in [5.74, 6) is -2.03. The van der Waals surface area contributed by atoms with Gasteiger partial charge in [-0.15, -0.1) is 0 Å². The number of amides is 2. The minimum Gasteiger partial charge on any atom is -0.347 e. The van der Waals surface area contributed by atoms with Crippen molar-refractivity contribution in [1.29, 1.82) is 0 Å². The van der Waals surface area contributed by atoms with Gasteiger partial charge in [-0.25, -0.2) is 0 Å². The van der Waals surface area contributed by atoms with E-state index >= 15 is 0 Å². The summed E-state index contributed by atoms with van der Waals surface area (Å²) in [6, 6.07) is 2.77. The lowest BCUT2D eigenvalue weighted by Crippen LogP contribution is -2.36. The Bertz CT molecular complexity index is 531. The second kappa shape index (κ2) is 5.89. The molecule has 1 aromatic rings. The molecule has 1 aromatic carbocycles. The second-order valence-corrected chi connectivity index (χ2v) is 3.89. The lowest BCUT2D eigenvalue weighted by atomic mass is 10.2. The summed E-state index contributed by atoms with van der Waals surface area (Å²) in [4.78, 5) is 33.8. The molecule has 8 heteroatoms. The number of nitro groups is 1. The maximum atomic E-state index is 13.1. The van der Waals surface area contributed by atoms with Gasteiger partial charge in [0, 0.05) is 25.7 Å². The van der Waals surface area contributed by atoms with Crippen LogP contribution in [0.4, 0.5) is 10.1 Å². The predicted molar refractivity (Wildman–Crippen MR) is 64.1 cm³/mol. The molecule has 0 aliphatic rings. The average molecular weight is 269 g/mol. The highest BCUT2D eigenvalue weighted by Crippen LogP contribution is 2.18. The van der Waals surface area contributed by atoms with Gasteiger partial charge in [-0.2, -0.15) is 4.39 Å². The van der Waals surface area contributed by atoms with Gasteiger partial charge in [0.05, 0.1) is 11.5 Å². The SMILES string of the molecule is CN(C)C(=O)CNC(=O)c1ccc(F)c([N+](=O)[O-])c1. The van der Waals surface area contributed by atoms with Crippen molar-refractivity contribution in [2.45, 2.75) is 0 Å². The van der Waals surface area contributed by atoms with E-state index in [-0.39, 0.29) is 18.0 Å². The molecule has 0 heterocycles. The molecular weight excluding hydrogens is 257 g/mol. The number of carbonyl (C=O) groups excluding carboxylic acids is 2. The van der Waals surface area contributed by atoms with Crippen molar-refractivity contribution in [2.24, 2.45) is 0 Å². The Morgan fingerprint density at radius 3 is 2.58 bits per heavy atom. The third kappa shape index (κ3) is 3.73. The monoisotopic (exact) mass is 269 g/mol. The van der Waals surface area contributed by atoms with Gasteiger partial charge in [-0.05, 0) is 12.1 Å². The Balaban J connectivity index is 2.81. The minimum atomic E-state index is -1.02. The summed E-state index contributed by atoms with van der Waals surface area (Å²) in [6.45, 7) is -0.239. The first-order valence-corrected chi connectivity index (χ1v) is 5.25. The van der Waals surface area contributed by atoms with Crippen molar-refractivity contribution < 1.29 is 18.9 Å². The molecule has 0 atom stereocenters. The van der Waals surface area contributed by atoms with Crippen LogP contribution < -0.4 is 5.32 Å². The van der Waals surface area contributed by atoms with Crippen LogP contribution in [0.2, 0.25) is 0 Å². The number of nitro benzene ring substituents is 1. The number of rotatable bonds is 4.